The highest BCUT2D eigenvalue weighted by Crippen LogP contribution is 2.24. The molecule has 0 aromatic heterocycles. The van der Waals surface area contributed by atoms with Gasteiger partial charge in [-0.3, -0.25) is 9.59 Å². The number of sulfonamides is 1. The second-order valence-electron chi connectivity index (χ2n) is 4.47. The van der Waals surface area contributed by atoms with E-state index in [2.05, 4.69) is 4.72 Å². The Kier molecular flexibility index (Phi) is 5.09. The van der Waals surface area contributed by atoms with Gasteiger partial charge in [0, 0.05) is 6.42 Å². The molecule has 8 heteroatoms. The number of hydrogen-bond acceptors (Lipinski definition) is 4. The maximum absolute atomic E-state index is 11.9. The molecular formula is C10H18N2O5S. The van der Waals surface area contributed by atoms with Crippen LogP contribution in [0.2, 0.25) is 0 Å². The van der Waals surface area contributed by atoms with Crippen LogP contribution in [0.25, 0.3) is 0 Å². The number of rotatable bonds is 7. The van der Waals surface area contributed by atoms with Crippen LogP contribution in [0.5, 0.6) is 0 Å². The van der Waals surface area contributed by atoms with Crippen molar-refractivity contribution in [1.82, 2.24) is 4.72 Å². The molecule has 1 aliphatic carbocycles. The van der Waals surface area contributed by atoms with Crippen LogP contribution in [0.15, 0.2) is 0 Å². The molecule has 0 aliphatic heterocycles. The molecule has 7 nitrogen and oxygen atoms in total. The highest BCUT2D eigenvalue weighted by molar-refractivity contribution is 7.90. The summed E-state index contributed by atoms with van der Waals surface area (Å²) in [6.45, 7) is 0. The average Bonchev–Trinajstić information content (AvgIpc) is 2.77. The summed E-state index contributed by atoms with van der Waals surface area (Å²) in [6, 6.07) is -1.29. The Morgan fingerprint density at radius 2 is 1.89 bits per heavy atom. The fraction of sp³-hybridized carbons (Fsp3) is 0.800. The first-order chi connectivity index (χ1) is 8.33. The van der Waals surface area contributed by atoms with Gasteiger partial charge in [-0.25, -0.2) is 13.1 Å². The van der Waals surface area contributed by atoms with E-state index in [0.717, 1.165) is 12.8 Å². The van der Waals surface area contributed by atoms with E-state index in [1.165, 1.54) is 0 Å². The largest absolute Gasteiger partial charge is 0.480 e. The van der Waals surface area contributed by atoms with Crippen molar-refractivity contribution in [3.8, 4) is 0 Å². The number of carbonyl (C=O) groups is 2. The molecule has 0 spiro atoms. The zero-order chi connectivity index (χ0) is 13.8. The highest BCUT2D eigenvalue weighted by atomic mass is 32.2. The second-order valence-corrected chi connectivity index (χ2v) is 6.46. The summed E-state index contributed by atoms with van der Waals surface area (Å²) < 4.78 is 26.0. The van der Waals surface area contributed by atoms with Gasteiger partial charge in [0.15, 0.2) is 0 Å². The van der Waals surface area contributed by atoms with Crippen LogP contribution in [0.1, 0.15) is 38.5 Å². The number of amides is 1. The van der Waals surface area contributed by atoms with E-state index in [1.54, 1.807) is 0 Å². The summed E-state index contributed by atoms with van der Waals surface area (Å²) in [5.74, 6) is -1.95. The van der Waals surface area contributed by atoms with Crippen molar-refractivity contribution in [2.45, 2.75) is 49.8 Å². The number of hydrogen-bond donors (Lipinski definition) is 3. The van der Waals surface area contributed by atoms with Crippen molar-refractivity contribution >= 4 is 21.9 Å². The molecule has 0 radical (unpaired) electrons. The third-order valence-electron chi connectivity index (χ3n) is 3.03. The van der Waals surface area contributed by atoms with Crippen molar-refractivity contribution in [3.63, 3.8) is 0 Å². The van der Waals surface area contributed by atoms with Gasteiger partial charge in [-0.05, 0) is 19.3 Å². The van der Waals surface area contributed by atoms with Crippen molar-refractivity contribution in [3.05, 3.63) is 0 Å². The molecule has 1 saturated carbocycles. The quantitative estimate of drug-likeness (QED) is 0.582. The summed E-state index contributed by atoms with van der Waals surface area (Å²) >= 11 is 0. The van der Waals surface area contributed by atoms with Gasteiger partial charge in [0.2, 0.25) is 15.9 Å². The van der Waals surface area contributed by atoms with Gasteiger partial charge in [0.25, 0.3) is 0 Å². The first kappa shape index (κ1) is 14.9. The van der Waals surface area contributed by atoms with E-state index in [0.29, 0.717) is 12.8 Å². The van der Waals surface area contributed by atoms with Gasteiger partial charge in [0.05, 0.1) is 5.25 Å². The molecular weight excluding hydrogens is 260 g/mol. The second kappa shape index (κ2) is 6.14. The molecule has 1 fully saturated rings. The van der Waals surface area contributed by atoms with Gasteiger partial charge in [0.1, 0.15) is 6.04 Å². The van der Waals surface area contributed by atoms with Crippen LogP contribution < -0.4 is 10.5 Å². The van der Waals surface area contributed by atoms with Gasteiger partial charge in [-0.15, -0.1) is 0 Å². The normalized spacial score (nSPS) is 18.7. The Bertz CT molecular complexity index is 414. The topological polar surface area (TPSA) is 127 Å². The number of carboxylic acid groups (broad SMARTS) is 1. The fourth-order valence-corrected chi connectivity index (χ4v) is 3.77. The molecule has 1 amide bonds. The molecule has 104 valence electrons. The van der Waals surface area contributed by atoms with Gasteiger partial charge < -0.3 is 10.8 Å². The first-order valence-corrected chi connectivity index (χ1v) is 7.40. The zero-order valence-electron chi connectivity index (χ0n) is 9.96. The summed E-state index contributed by atoms with van der Waals surface area (Å²) in [4.78, 5) is 21.5. The molecule has 18 heavy (non-hydrogen) atoms. The number of primary amides is 1. The van der Waals surface area contributed by atoms with Crippen molar-refractivity contribution in [1.29, 1.82) is 0 Å². The lowest BCUT2D eigenvalue weighted by atomic mass is 10.2. The van der Waals surface area contributed by atoms with E-state index in [4.69, 9.17) is 10.8 Å². The van der Waals surface area contributed by atoms with Crippen molar-refractivity contribution in [2.75, 3.05) is 0 Å². The van der Waals surface area contributed by atoms with E-state index < -0.39 is 33.2 Å². The van der Waals surface area contributed by atoms with Gasteiger partial charge >= 0.3 is 5.97 Å². The Morgan fingerprint density at radius 1 is 1.33 bits per heavy atom. The third kappa shape index (κ3) is 4.26. The molecule has 4 N–H and O–H groups in total. The number of nitrogens with one attached hydrogen (secondary N) is 1. The molecule has 0 aromatic rings. The maximum Gasteiger partial charge on any atom is 0.321 e. The Hall–Kier alpha value is -1.15. The van der Waals surface area contributed by atoms with Crippen LogP contribution in [0.3, 0.4) is 0 Å². The highest BCUT2D eigenvalue weighted by Gasteiger charge is 2.32. The smallest absolute Gasteiger partial charge is 0.321 e. The number of carboxylic acids is 1. The Morgan fingerprint density at radius 3 is 2.33 bits per heavy atom. The third-order valence-corrected chi connectivity index (χ3v) is 4.99. The number of carbonyl (C=O) groups excluding carboxylic acids is 1. The predicted molar refractivity (Wildman–Crippen MR) is 64.2 cm³/mol. The lowest BCUT2D eigenvalue weighted by Gasteiger charge is -2.17. The predicted octanol–water partition coefficient (Wildman–Crippen LogP) is -0.433. The van der Waals surface area contributed by atoms with Crippen LogP contribution in [0.4, 0.5) is 0 Å². The van der Waals surface area contributed by atoms with E-state index in [9.17, 15) is 18.0 Å². The first-order valence-electron chi connectivity index (χ1n) is 5.85. The summed E-state index contributed by atoms with van der Waals surface area (Å²) in [5.41, 5.74) is 4.92. The summed E-state index contributed by atoms with van der Waals surface area (Å²) in [7, 11) is -3.64. The number of aliphatic carboxylic acids is 1. The minimum absolute atomic E-state index is 0.128. The Balaban J connectivity index is 2.64. The summed E-state index contributed by atoms with van der Waals surface area (Å²) in [5, 5.41) is 8.39. The number of nitrogens with two attached hydrogens (primary N) is 1. The van der Waals surface area contributed by atoms with Gasteiger partial charge in [-0.2, -0.15) is 0 Å². The lowest BCUT2D eigenvalue weighted by Crippen LogP contribution is -2.44. The minimum Gasteiger partial charge on any atom is -0.480 e. The molecule has 1 aliphatic rings. The zero-order valence-corrected chi connectivity index (χ0v) is 10.8. The van der Waals surface area contributed by atoms with Crippen LogP contribution in [0, 0.1) is 0 Å². The van der Waals surface area contributed by atoms with Crippen molar-refractivity contribution in [2.24, 2.45) is 5.73 Å². The maximum atomic E-state index is 11.9. The standard InChI is InChI=1S/C10H18N2O5S/c11-9(13)6-5-8(10(14)15)12-18(16,17)7-3-1-2-4-7/h7-8,12H,1-6H2,(H2,11,13)(H,14,15)/t8-/m0/s1. The molecule has 0 bridgehead atoms. The molecule has 1 rings (SSSR count). The van der Waals surface area contributed by atoms with Crippen LogP contribution in [-0.2, 0) is 19.6 Å². The van der Waals surface area contributed by atoms with E-state index in [-0.39, 0.29) is 12.8 Å². The van der Waals surface area contributed by atoms with E-state index in [1.807, 2.05) is 0 Å². The summed E-state index contributed by atoms with van der Waals surface area (Å²) in [6.07, 6.45) is 2.49. The van der Waals surface area contributed by atoms with Gasteiger partial charge in [-0.1, -0.05) is 12.8 Å². The Labute approximate surface area is 106 Å². The average molecular weight is 278 g/mol. The molecule has 1 atom stereocenters. The molecule has 0 unspecified atom stereocenters. The molecule has 0 saturated heterocycles. The van der Waals surface area contributed by atoms with Crippen molar-refractivity contribution < 1.29 is 23.1 Å². The fourth-order valence-electron chi connectivity index (χ4n) is 2.01. The lowest BCUT2D eigenvalue weighted by molar-refractivity contribution is -0.139. The van der Waals surface area contributed by atoms with Crippen LogP contribution in [-0.4, -0.2) is 36.7 Å². The molecule has 0 aromatic carbocycles. The minimum atomic E-state index is -3.64. The molecule has 0 heterocycles. The SMILES string of the molecule is NC(=O)CC[C@H](NS(=O)(=O)C1CCCC1)C(=O)O. The monoisotopic (exact) mass is 278 g/mol. The van der Waals surface area contributed by atoms with Crippen LogP contribution >= 0.6 is 0 Å². The van der Waals surface area contributed by atoms with E-state index >= 15 is 0 Å².